The number of hydrogen-bond acceptors (Lipinski definition) is 3. The highest BCUT2D eigenvalue weighted by Gasteiger charge is 2.12. The van der Waals surface area contributed by atoms with Gasteiger partial charge in [0.05, 0.1) is 7.11 Å². The number of hydrogen-bond donors (Lipinski definition) is 1. The van der Waals surface area contributed by atoms with E-state index in [1.165, 1.54) is 0 Å². The molecule has 0 saturated carbocycles. The van der Waals surface area contributed by atoms with Gasteiger partial charge in [0.1, 0.15) is 10.4 Å². The maximum atomic E-state index is 5.40. The van der Waals surface area contributed by atoms with Crippen molar-refractivity contribution in [1.29, 1.82) is 0 Å². The van der Waals surface area contributed by atoms with E-state index in [0.29, 0.717) is 4.64 Å². The maximum absolute atomic E-state index is 5.40. The van der Waals surface area contributed by atoms with Crippen LogP contribution in [0.4, 0.5) is 0 Å². The highest BCUT2D eigenvalue weighted by molar-refractivity contribution is 7.71. The first-order valence-electron chi connectivity index (χ1n) is 5.92. The van der Waals surface area contributed by atoms with Gasteiger partial charge in [0.15, 0.2) is 5.65 Å². The molecule has 2 heterocycles. The fraction of sp³-hybridized carbons (Fsp3) is 0.143. The summed E-state index contributed by atoms with van der Waals surface area (Å²) in [6.07, 6.45) is 1.90. The van der Waals surface area contributed by atoms with Crippen molar-refractivity contribution >= 4 is 17.9 Å². The molecule has 5 heteroatoms. The van der Waals surface area contributed by atoms with E-state index in [9.17, 15) is 0 Å². The van der Waals surface area contributed by atoms with Crippen LogP contribution >= 0.6 is 12.2 Å². The second-order valence-corrected chi connectivity index (χ2v) is 4.70. The molecule has 0 saturated heterocycles. The number of nitrogens with zero attached hydrogens (tertiary/aromatic N) is 2. The van der Waals surface area contributed by atoms with Crippen LogP contribution in [0.3, 0.4) is 0 Å². The van der Waals surface area contributed by atoms with Crippen molar-refractivity contribution in [2.75, 3.05) is 7.11 Å². The number of aryl methyl sites for hydroxylation is 1. The number of rotatable bonds is 2. The van der Waals surface area contributed by atoms with Crippen LogP contribution in [-0.4, -0.2) is 21.7 Å². The third-order valence-electron chi connectivity index (χ3n) is 3.02. The molecule has 0 atom stereocenters. The van der Waals surface area contributed by atoms with E-state index in [4.69, 9.17) is 17.0 Å². The lowest BCUT2D eigenvalue weighted by molar-refractivity contribution is 0.416. The number of para-hydroxylation sites is 1. The summed E-state index contributed by atoms with van der Waals surface area (Å²) in [4.78, 5) is 4.56. The van der Waals surface area contributed by atoms with Crippen molar-refractivity contribution in [2.24, 2.45) is 0 Å². The van der Waals surface area contributed by atoms with Gasteiger partial charge in [-0.05, 0) is 19.1 Å². The smallest absolute Gasteiger partial charge is 0.162 e. The summed E-state index contributed by atoms with van der Waals surface area (Å²) in [5.74, 6) is 0.818. The molecule has 3 aromatic rings. The molecule has 96 valence electrons. The Morgan fingerprint density at radius 2 is 2.05 bits per heavy atom. The second kappa shape index (κ2) is 4.51. The molecular formula is C14H13N3OS. The van der Waals surface area contributed by atoms with Crippen LogP contribution in [0.5, 0.6) is 5.75 Å². The molecule has 19 heavy (non-hydrogen) atoms. The topological polar surface area (TPSA) is 42.3 Å². The van der Waals surface area contributed by atoms with E-state index in [0.717, 1.165) is 28.2 Å². The van der Waals surface area contributed by atoms with Gasteiger partial charge >= 0.3 is 0 Å². The first-order valence-corrected chi connectivity index (χ1v) is 6.32. The van der Waals surface area contributed by atoms with Gasteiger partial charge in [0, 0.05) is 23.0 Å². The highest BCUT2D eigenvalue weighted by Crippen LogP contribution is 2.31. The van der Waals surface area contributed by atoms with Crippen LogP contribution < -0.4 is 4.74 Å². The van der Waals surface area contributed by atoms with Gasteiger partial charge in [0.2, 0.25) is 0 Å². The predicted molar refractivity (Wildman–Crippen MR) is 77.1 cm³/mol. The largest absolute Gasteiger partial charge is 0.496 e. The van der Waals surface area contributed by atoms with Gasteiger partial charge in [0.25, 0.3) is 0 Å². The number of nitrogens with one attached hydrogen (secondary N) is 1. The predicted octanol–water partition coefficient (Wildman–Crippen LogP) is 3.38. The normalized spacial score (nSPS) is 10.8. The zero-order valence-electron chi connectivity index (χ0n) is 10.7. The SMILES string of the molecule is COc1ccccc1-c1c[nH]n2c(=S)cc(C)nc12. The molecule has 2 aromatic heterocycles. The number of benzene rings is 1. The number of aromatic amines is 1. The van der Waals surface area contributed by atoms with E-state index in [1.807, 2.05) is 43.5 Å². The Bertz CT molecular complexity index is 804. The molecule has 1 N–H and O–H groups in total. The van der Waals surface area contributed by atoms with Crippen LogP contribution in [0.2, 0.25) is 0 Å². The van der Waals surface area contributed by atoms with Gasteiger partial charge in [-0.3, -0.25) is 5.10 Å². The number of methoxy groups -OCH3 is 1. The molecule has 0 aliphatic rings. The Morgan fingerprint density at radius 1 is 1.26 bits per heavy atom. The average molecular weight is 271 g/mol. The van der Waals surface area contributed by atoms with E-state index in [-0.39, 0.29) is 0 Å². The monoisotopic (exact) mass is 271 g/mol. The molecule has 0 fully saturated rings. The minimum absolute atomic E-state index is 0.712. The Kier molecular flexibility index (Phi) is 2.83. The van der Waals surface area contributed by atoms with E-state index < -0.39 is 0 Å². The van der Waals surface area contributed by atoms with E-state index in [1.54, 1.807) is 11.6 Å². The molecule has 0 unspecified atom stereocenters. The summed E-state index contributed by atoms with van der Waals surface area (Å²) < 4.78 is 7.91. The molecule has 1 aromatic carbocycles. The van der Waals surface area contributed by atoms with Crippen LogP contribution in [0.1, 0.15) is 5.69 Å². The van der Waals surface area contributed by atoms with Gasteiger partial charge < -0.3 is 4.74 Å². The summed E-state index contributed by atoms with van der Waals surface area (Å²) in [6.45, 7) is 1.94. The summed E-state index contributed by atoms with van der Waals surface area (Å²) in [6, 6.07) is 9.73. The van der Waals surface area contributed by atoms with E-state index >= 15 is 0 Å². The summed E-state index contributed by atoms with van der Waals surface area (Å²) >= 11 is 5.33. The minimum atomic E-state index is 0.712. The average Bonchev–Trinajstić information content (AvgIpc) is 2.82. The standard InChI is InChI=1S/C14H13N3OS/c1-9-7-13(19)17-14(16-9)11(8-15-17)10-5-3-4-6-12(10)18-2/h3-8,15H,1-2H3. The third-order valence-corrected chi connectivity index (χ3v) is 3.32. The van der Waals surface area contributed by atoms with Crippen molar-refractivity contribution in [3.8, 4) is 16.9 Å². The minimum Gasteiger partial charge on any atom is -0.496 e. The number of H-pyrrole nitrogens is 1. The fourth-order valence-electron chi connectivity index (χ4n) is 2.16. The number of fused-ring (bicyclic) bond motifs is 1. The lowest BCUT2D eigenvalue weighted by Gasteiger charge is -2.06. The first-order chi connectivity index (χ1) is 9.20. The highest BCUT2D eigenvalue weighted by atomic mass is 32.1. The number of ether oxygens (including phenoxy) is 1. The zero-order chi connectivity index (χ0) is 13.4. The number of aromatic nitrogens is 3. The lowest BCUT2D eigenvalue weighted by atomic mass is 10.1. The molecule has 3 rings (SSSR count). The Balaban J connectivity index is 2.35. The summed E-state index contributed by atoms with van der Waals surface area (Å²) in [5.41, 5.74) is 3.69. The fourth-order valence-corrected chi connectivity index (χ4v) is 2.47. The van der Waals surface area contributed by atoms with Gasteiger partial charge in [-0.1, -0.05) is 30.4 Å². The molecule has 0 spiro atoms. The molecule has 0 radical (unpaired) electrons. The quantitative estimate of drug-likeness (QED) is 0.727. The Morgan fingerprint density at radius 3 is 2.84 bits per heavy atom. The molecule has 4 nitrogen and oxygen atoms in total. The second-order valence-electron chi connectivity index (χ2n) is 4.28. The third kappa shape index (κ3) is 1.92. The van der Waals surface area contributed by atoms with Crippen molar-refractivity contribution in [3.63, 3.8) is 0 Å². The molecule has 0 aliphatic carbocycles. The molecule has 0 bridgehead atoms. The van der Waals surface area contributed by atoms with Crippen LogP contribution in [0, 0.1) is 11.6 Å². The first kappa shape index (κ1) is 11.9. The zero-order valence-corrected chi connectivity index (χ0v) is 11.5. The summed E-state index contributed by atoms with van der Waals surface area (Å²) in [7, 11) is 1.66. The van der Waals surface area contributed by atoms with E-state index in [2.05, 4.69) is 10.1 Å². The van der Waals surface area contributed by atoms with Crippen molar-refractivity contribution in [2.45, 2.75) is 6.92 Å². The van der Waals surface area contributed by atoms with Crippen molar-refractivity contribution < 1.29 is 4.74 Å². The Hall–Kier alpha value is -2.14. The Labute approximate surface area is 115 Å². The maximum Gasteiger partial charge on any atom is 0.162 e. The van der Waals surface area contributed by atoms with Crippen LogP contribution in [-0.2, 0) is 0 Å². The van der Waals surface area contributed by atoms with Gasteiger partial charge in [-0.15, -0.1) is 0 Å². The van der Waals surface area contributed by atoms with Gasteiger partial charge in [-0.2, -0.15) is 0 Å². The summed E-state index contributed by atoms with van der Waals surface area (Å²) in [5, 5.41) is 3.13. The molecule has 0 amide bonds. The van der Waals surface area contributed by atoms with Crippen LogP contribution in [0.25, 0.3) is 16.8 Å². The van der Waals surface area contributed by atoms with Gasteiger partial charge in [-0.25, -0.2) is 9.50 Å². The van der Waals surface area contributed by atoms with Crippen molar-refractivity contribution in [1.82, 2.24) is 14.6 Å². The lowest BCUT2D eigenvalue weighted by Crippen LogP contribution is -1.94. The molecular weight excluding hydrogens is 258 g/mol. The van der Waals surface area contributed by atoms with Crippen LogP contribution in [0.15, 0.2) is 36.5 Å². The molecule has 0 aliphatic heterocycles. The van der Waals surface area contributed by atoms with Crippen molar-refractivity contribution in [3.05, 3.63) is 46.9 Å².